The number of nitriles is 1. The predicted octanol–water partition coefficient (Wildman–Crippen LogP) is 4.22. The highest BCUT2D eigenvalue weighted by Crippen LogP contribution is 2.34. The number of pyridine rings is 1. The second-order valence-electron chi connectivity index (χ2n) is 6.49. The fourth-order valence-corrected chi connectivity index (χ4v) is 3.19. The monoisotopic (exact) mass is 360 g/mol. The van der Waals surface area contributed by atoms with Gasteiger partial charge in [0.15, 0.2) is 0 Å². The van der Waals surface area contributed by atoms with Gasteiger partial charge in [0.25, 0.3) is 0 Å². The number of anilines is 2. The third-order valence-electron chi connectivity index (χ3n) is 4.53. The van der Waals surface area contributed by atoms with Crippen LogP contribution in [0.1, 0.15) is 23.2 Å². The summed E-state index contributed by atoms with van der Waals surface area (Å²) in [5.74, 6) is 1.15. The standard InChI is InChI=1S/C19H19F3N4/c1-13-3-2-4-18(25-13)24-11-14-7-8-26(12-14)17-6-5-16(19(20,21)22)9-15(17)10-23/h2-6,9,14H,7-8,11-12H2,1H3,(H,24,25). The zero-order valence-corrected chi connectivity index (χ0v) is 14.3. The summed E-state index contributed by atoms with van der Waals surface area (Å²) in [5, 5.41) is 12.6. The van der Waals surface area contributed by atoms with Crippen molar-refractivity contribution >= 4 is 11.5 Å². The van der Waals surface area contributed by atoms with Crippen LogP contribution in [0.4, 0.5) is 24.7 Å². The summed E-state index contributed by atoms with van der Waals surface area (Å²) < 4.78 is 38.5. The molecule has 0 saturated carbocycles. The average Bonchev–Trinajstić information content (AvgIpc) is 3.07. The molecule has 4 nitrogen and oxygen atoms in total. The summed E-state index contributed by atoms with van der Waals surface area (Å²) >= 11 is 0. The highest BCUT2D eigenvalue weighted by Gasteiger charge is 2.32. The largest absolute Gasteiger partial charge is 0.416 e. The van der Waals surface area contributed by atoms with E-state index < -0.39 is 11.7 Å². The van der Waals surface area contributed by atoms with Gasteiger partial charge in [-0.2, -0.15) is 18.4 Å². The molecule has 26 heavy (non-hydrogen) atoms. The van der Waals surface area contributed by atoms with Crippen molar-refractivity contribution in [1.82, 2.24) is 4.98 Å². The number of nitrogens with one attached hydrogen (secondary N) is 1. The summed E-state index contributed by atoms with van der Waals surface area (Å²) in [4.78, 5) is 6.38. The number of nitrogens with zero attached hydrogens (tertiary/aromatic N) is 3. The Morgan fingerprint density at radius 1 is 1.31 bits per heavy atom. The van der Waals surface area contributed by atoms with Gasteiger partial charge >= 0.3 is 6.18 Å². The van der Waals surface area contributed by atoms with Crippen molar-refractivity contribution < 1.29 is 13.2 Å². The number of halogens is 3. The molecule has 1 fully saturated rings. The summed E-state index contributed by atoms with van der Waals surface area (Å²) in [6, 6.07) is 11.0. The summed E-state index contributed by atoms with van der Waals surface area (Å²) in [5.41, 5.74) is 0.776. The van der Waals surface area contributed by atoms with Gasteiger partial charge in [0.05, 0.1) is 16.8 Å². The van der Waals surface area contributed by atoms with Gasteiger partial charge in [0, 0.05) is 25.3 Å². The molecule has 1 saturated heterocycles. The molecular formula is C19H19F3N4. The average molecular weight is 360 g/mol. The van der Waals surface area contributed by atoms with Gasteiger partial charge in [-0.1, -0.05) is 6.07 Å². The van der Waals surface area contributed by atoms with Gasteiger partial charge in [-0.3, -0.25) is 0 Å². The van der Waals surface area contributed by atoms with Gasteiger partial charge in [0.1, 0.15) is 11.9 Å². The van der Waals surface area contributed by atoms with Gasteiger partial charge in [0.2, 0.25) is 0 Å². The molecular weight excluding hydrogens is 341 g/mol. The molecule has 2 heterocycles. The smallest absolute Gasteiger partial charge is 0.370 e. The minimum absolute atomic E-state index is 0.0637. The van der Waals surface area contributed by atoms with E-state index in [1.54, 1.807) is 0 Å². The van der Waals surface area contributed by atoms with Crippen molar-refractivity contribution in [1.29, 1.82) is 5.26 Å². The Bertz CT molecular complexity index is 826. The Hall–Kier alpha value is -2.75. The molecule has 1 aliphatic heterocycles. The first-order valence-electron chi connectivity index (χ1n) is 8.40. The van der Waals surface area contributed by atoms with Gasteiger partial charge in [-0.25, -0.2) is 4.98 Å². The summed E-state index contributed by atoms with van der Waals surface area (Å²) in [7, 11) is 0. The van der Waals surface area contributed by atoms with Crippen LogP contribution in [-0.2, 0) is 6.18 Å². The van der Waals surface area contributed by atoms with Crippen LogP contribution in [0.2, 0.25) is 0 Å². The number of rotatable bonds is 4. The first kappa shape index (κ1) is 18.1. The molecule has 0 amide bonds. The maximum Gasteiger partial charge on any atom is 0.416 e. The second kappa shape index (κ2) is 7.24. The molecule has 0 spiro atoms. The number of benzene rings is 1. The number of hydrogen-bond acceptors (Lipinski definition) is 4. The second-order valence-corrected chi connectivity index (χ2v) is 6.49. The molecule has 0 radical (unpaired) electrons. The van der Waals surface area contributed by atoms with Crippen molar-refractivity contribution in [3.05, 3.63) is 53.2 Å². The van der Waals surface area contributed by atoms with Crippen LogP contribution in [0, 0.1) is 24.2 Å². The molecule has 7 heteroatoms. The molecule has 1 unspecified atom stereocenters. The van der Waals surface area contributed by atoms with Gasteiger partial charge in [-0.15, -0.1) is 0 Å². The van der Waals surface area contributed by atoms with Crippen molar-refractivity contribution in [2.45, 2.75) is 19.5 Å². The van der Waals surface area contributed by atoms with Crippen LogP contribution in [0.5, 0.6) is 0 Å². The van der Waals surface area contributed by atoms with E-state index in [1.807, 2.05) is 36.1 Å². The third-order valence-corrected chi connectivity index (χ3v) is 4.53. The number of aryl methyl sites for hydroxylation is 1. The Kier molecular flexibility index (Phi) is 5.03. The Morgan fingerprint density at radius 2 is 2.12 bits per heavy atom. The molecule has 1 aromatic heterocycles. The first-order valence-corrected chi connectivity index (χ1v) is 8.40. The molecule has 1 N–H and O–H groups in total. The molecule has 136 valence electrons. The minimum atomic E-state index is -4.44. The van der Waals surface area contributed by atoms with Gasteiger partial charge in [-0.05, 0) is 49.6 Å². The Labute approximate surface area is 150 Å². The van der Waals surface area contributed by atoms with E-state index in [9.17, 15) is 18.4 Å². The lowest BCUT2D eigenvalue weighted by atomic mass is 10.1. The topological polar surface area (TPSA) is 52.0 Å². The lowest BCUT2D eigenvalue weighted by molar-refractivity contribution is -0.137. The van der Waals surface area contributed by atoms with Gasteiger partial charge < -0.3 is 10.2 Å². The SMILES string of the molecule is Cc1cccc(NCC2CCN(c3ccc(C(F)(F)F)cc3C#N)C2)n1. The number of alkyl halides is 3. The maximum absolute atomic E-state index is 12.8. The molecule has 1 aromatic carbocycles. The van der Waals surface area contributed by atoms with Crippen LogP contribution in [0.15, 0.2) is 36.4 Å². The minimum Gasteiger partial charge on any atom is -0.370 e. The third kappa shape index (κ3) is 4.07. The van der Waals surface area contributed by atoms with Crippen molar-refractivity contribution in [3.8, 4) is 6.07 Å². The van der Waals surface area contributed by atoms with E-state index in [1.165, 1.54) is 6.07 Å². The Morgan fingerprint density at radius 3 is 2.81 bits per heavy atom. The van der Waals surface area contributed by atoms with E-state index in [0.717, 1.165) is 36.6 Å². The van der Waals surface area contributed by atoms with E-state index in [-0.39, 0.29) is 5.56 Å². The normalized spacial score (nSPS) is 17.2. The quantitative estimate of drug-likeness (QED) is 0.887. The molecule has 1 aliphatic rings. The van der Waals surface area contributed by atoms with E-state index in [0.29, 0.717) is 24.7 Å². The van der Waals surface area contributed by atoms with Crippen molar-refractivity contribution in [2.24, 2.45) is 5.92 Å². The van der Waals surface area contributed by atoms with Crippen LogP contribution in [0.25, 0.3) is 0 Å². The molecule has 2 aromatic rings. The fourth-order valence-electron chi connectivity index (χ4n) is 3.19. The number of hydrogen-bond donors (Lipinski definition) is 1. The fraction of sp³-hybridized carbons (Fsp3) is 0.368. The highest BCUT2D eigenvalue weighted by atomic mass is 19.4. The predicted molar refractivity (Wildman–Crippen MR) is 93.9 cm³/mol. The van der Waals surface area contributed by atoms with Crippen LogP contribution >= 0.6 is 0 Å². The lowest BCUT2D eigenvalue weighted by Gasteiger charge is -2.21. The van der Waals surface area contributed by atoms with E-state index in [2.05, 4.69) is 10.3 Å². The summed E-state index contributed by atoms with van der Waals surface area (Å²) in [6.45, 7) is 4.07. The first-order chi connectivity index (χ1) is 12.4. The number of aromatic nitrogens is 1. The zero-order chi connectivity index (χ0) is 18.7. The molecule has 1 atom stereocenters. The maximum atomic E-state index is 12.8. The Balaban J connectivity index is 1.66. The van der Waals surface area contributed by atoms with Crippen LogP contribution < -0.4 is 10.2 Å². The molecule has 0 aliphatic carbocycles. The van der Waals surface area contributed by atoms with Crippen molar-refractivity contribution in [3.63, 3.8) is 0 Å². The van der Waals surface area contributed by atoms with Crippen LogP contribution in [0.3, 0.4) is 0 Å². The van der Waals surface area contributed by atoms with E-state index >= 15 is 0 Å². The van der Waals surface area contributed by atoms with Crippen molar-refractivity contribution in [2.75, 3.05) is 29.9 Å². The summed E-state index contributed by atoms with van der Waals surface area (Å²) in [6.07, 6.45) is -3.53. The van der Waals surface area contributed by atoms with E-state index in [4.69, 9.17) is 0 Å². The lowest BCUT2D eigenvalue weighted by Crippen LogP contribution is -2.23. The highest BCUT2D eigenvalue weighted by molar-refractivity contribution is 5.61. The molecule has 0 bridgehead atoms. The van der Waals surface area contributed by atoms with Crippen LogP contribution in [-0.4, -0.2) is 24.6 Å². The zero-order valence-electron chi connectivity index (χ0n) is 14.3. The molecule has 3 rings (SSSR count).